The topological polar surface area (TPSA) is 116 Å². The van der Waals surface area contributed by atoms with Crippen LogP contribution in [0.3, 0.4) is 0 Å². The van der Waals surface area contributed by atoms with E-state index in [1.54, 1.807) is 0 Å². The lowest BCUT2D eigenvalue weighted by atomic mass is 9.78. The number of amides is 3. The van der Waals surface area contributed by atoms with E-state index in [9.17, 15) is 24.6 Å². The van der Waals surface area contributed by atoms with Gasteiger partial charge < -0.3 is 20.3 Å². The molecular weight excluding hydrogens is 352 g/mol. The van der Waals surface area contributed by atoms with Gasteiger partial charge >= 0.3 is 6.09 Å². The first-order valence-corrected chi connectivity index (χ1v) is 9.15. The van der Waals surface area contributed by atoms with Crippen LogP contribution < -0.4 is 5.32 Å². The number of rotatable bonds is 5. The summed E-state index contributed by atoms with van der Waals surface area (Å²) in [5.41, 5.74) is 0.859. The van der Waals surface area contributed by atoms with Crippen LogP contribution in [0.4, 0.5) is 4.79 Å². The molecule has 1 heterocycles. The minimum Gasteiger partial charge on any atom is -0.445 e. The molecule has 3 fully saturated rings. The summed E-state index contributed by atoms with van der Waals surface area (Å²) in [4.78, 5) is 38.1. The number of carbonyl (C=O) groups excluding carboxylic acids is 3. The summed E-state index contributed by atoms with van der Waals surface area (Å²) < 4.78 is 5.09. The molecule has 27 heavy (non-hydrogen) atoms. The summed E-state index contributed by atoms with van der Waals surface area (Å²) in [6.07, 6.45) is -2.00. The average molecular weight is 374 g/mol. The molecule has 4 rings (SSSR count). The lowest BCUT2D eigenvalue weighted by Gasteiger charge is -2.29. The van der Waals surface area contributed by atoms with Crippen molar-refractivity contribution in [2.75, 3.05) is 13.1 Å². The van der Waals surface area contributed by atoms with Gasteiger partial charge in [0, 0.05) is 24.9 Å². The van der Waals surface area contributed by atoms with Gasteiger partial charge in [0.25, 0.3) is 0 Å². The SMILES string of the molecule is O=C(NCCN1C(=O)[C@@H]2[C@H]3C[C@H]([C@H](O)[C@@H]3O)[C@@H]2C1=O)OCc1ccccc1. The number of aliphatic hydroxyl groups is 2. The quantitative estimate of drug-likeness (QED) is 0.619. The Labute approximate surface area is 156 Å². The zero-order valence-electron chi connectivity index (χ0n) is 14.7. The van der Waals surface area contributed by atoms with Gasteiger partial charge in [-0.25, -0.2) is 4.79 Å². The Bertz CT molecular complexity index is 722. The third kappa shape index (κ3) is 2.98. The molecule has 0 unspecified atom stereocenters. The maximum Gasteiger partial charge on any atom is 0.407 e. The van der Waals surface area contributed by atoms with Crippen LogP contribution in [-0.2, 0) is 20.9 Å². The second-order valence-electron chi connectivity index (χ2n) is 7.41. The average Bonchev–Trinajstić information content (AvgIpc) is 3.27. The number of likely N-dealkylation sites (tertiary alicyclic amines) is 1. The van der Waals surface area contributed by atoms with Gasteiger partial charge in [-0.15, -0.1) is 0 Å². The number of fused-ring (bicyclic) bond motifs is 5. The molecule has 8 heteroatoms. The molecule has 3 aliphatic rings. The number of aliphatic hydroxyl groups excluding tert-OH is 2. The third-order valence-electron chi connectivity index (χ3n) is 6.00. The molecule has 6 atom stereocenters. The molecule has 1 aliphatic heterocycles. The predicted octanol–water partition coefficient (Wildman–Crippen LogP) is -0.114. The molecule has 0 aromatic heterocycles. The molecule has 0 spiro atoms. The number of hydrogen-bond acceptors (Lipinski definition) is 6. The Morgan fingerprint density at radius 1 is 1.07 bits per heavy atom. The molecule has 1 aromatic carbocycles. The second kappa shape index (κ2) is 6.94. The van der Waals surface area contributed by atoms with E-state index in [1.807, 2.05) is 30.3 Å². The van der Waals surface area contributed by atoms with Crippen molar-refractivity contribution in [1.82, 2.24) is 10.2 Å². The largest absolute Gasteiger partial charge is 0.445 e. The van der Waals surface area contributed by atoms with E-state index in [2.05, 4.69) is 5.32 Å². The van der Waals surface area contributed by atoms with Gasteiger partial charge in [-0.1, -0.05) is 30.3 Å². The van der Waals surface area contributed by atoms with Gasteiger partial charge in [0.15, 0.2) is 0 Å². The summed E-state index contributed by atoms with van der Waals surface area (Å²) in [7, 11) is 0. The molecule has 144 valence electrons. The zero-order chi connectivity index (χ0) is 19.1. The highest BCUT2D eigenvalue weighted by Crippen LogP contribution is 2.56. The minimum absolute atomic E-state index is 0.0523. The van der Waals surface area contributed by atoms with E-state index >= 15 is 0 Å². The highest BCUT2D eigenvalue weighted by atomic mass is 16.5. The molecule has 0 radical (unpaired) electrons. The fourth-order valence-corrected chi connectivity index (χ4v) is 4.76. The van der Waals surface area contributed by atoms with Crippen molar-refractivity contribution < 1.29 is 29.3 Å². The molecular formula is C19H22N2O6. The minimum atomic E-state index is -0.945. The first-order valence-electron chi connectivity index (χ1n) is 9.15. The summed E-state index contributed by atoms with van der Waals surface area (Å²) in [6, 6.07) is 9.24. The lowest BCUT2D eigenvalue weighted by Crippen LogP contribution is -2.43. The van der Waals surface area contributed by atoms with Crippen molar-refractivity contribution in [3.8, 4) is 0 Å². The fourth-order valence-electron chi connectivity index (χ4n) is 4.76. The van der Waals surface area contributed by atoms with E-state index in [-0.39, 0.29) is 43.3 Å². The van der Waals surface area contributed by atoms with Crippen LogP contribution in [0.1, 0.15) is 12.0 Å². The second-order valence-corrected chi connectivity index (χ2v) is 7.41. The maximum absolute atomic E-state index is 12.6. The number of ether oxygens (including phenoxy) is 1. The summed E-state index contributed by atoms with van der Waals surface area (Å²) in [5, 5.41) is 22.6. The molecule has 2 aliphatic carbocycles. The fraction of sp³-hybridized carbons (Fsp3) is 0.526. The molecule has 2 saturated carbocycles. The molecule has 3 N–H and O–H groups in total. The van der Waals surface area contributed by atoms with Gasteiger partial charge in [0.2, 0.25) is 11.8 Å². The van der Waals surface area contributed by atoms with Crippen LogP contribution in [0.5, 0.6) is 0 Å². The standard InChI is InChI=1S/C19H22N2O6/c22-15-11-8-12(16(15)23)14-13(11)17(24)21(18(14)25)7-6-20-19(26)27-9-10-4-2-1-3-5-10/h1-5,11-16,22-23H,6-9H2,(H,20,26)/t11-,12+,13-,14+,15-,16+. The lowest BCUT2D eigenvalue weighted by molar-refractivity contribution is -0.140. The number of nitrogens with zero attached hydrogens (tertiary/aromatic N) is 1. The van der Waals surface area contributed by atoms with Crippen molar-refractivity contribution in [2.24, 2.45) is 23.7 Å². The van der Waals surface area contributed by atoms with E-state index < -0.39 is 30.1 Å². The number of alkyl carbamates (subject to hydrolysis) is 1. The molecule has 3 amide bonds. The van der Waals surface area contributed by atoms with Crippen LogP contribution in [0.2, 0.25) is 0 Å². The molecule has 1 aromatic rings. The summed E-state index contributed by atoms with van der Waals surface area (Å²) >= 11 is 0. The van der Waals surface area contributed by atoms with E-state index in [0.29, 0.717) is 6.42 Å². The highest BCUT2D eigenvalue weighted by Gasteiger charge is 2.66. The predicted molar refractivity (Wildman–Crippen MR) is 91.9 cm³/mol. The monoisotopic (exact) mass is 374 g/mol. The van der Waals surface area contributed by atoms with E-state index in [4.69, 9.17) is 4.74 Å². The maximum atomic E-state index is 12.6. The molecule has 1 saturated heterocycles. The Morgan fingerprint density at radius 3 is 2.26 bits per heavy atom. The summed E-state index contributed by atoms with van der Waals surface area (Å²) in [6.45, 7) is 0.277. The van der Waals surface area contributed by atoms with Gasteiger partial charge in [0.1, 0.15) is 6.61 Å². The zero-order valence-corrected chi connectivity index (χ0v) is 14.7. The highest BCUT2D eigenvalue weighted by molar-refractivity contribution is 6.06. The smallest absolute Gasteiger partial charge is 0.407 e. The number of nitrogens with one attached hydrogen (secondary N) is 1. The van der Waals surface area contributed by atoms with Gasteiger partial charge in [-0.3, -0.25) is 14.5 Å². The number of hydrogen-bond donors (Lipinski definition) is 3. The van der Waals surface area contributed by atoms with Crippen LogP contribution >= 0.6 is 0 Å². The number of benzene rings is 1. The first-order chi connectivity index (χ1) is 13.0. The van der Waals surface area contributed by atoms with Gasteiger partial charge in [-0.2, -0.15) is 0 Å². The van der Waals surface area contributed by atoms with Crippen LogP contribution in [-0.4, -0.2) is 58.3 Å². The van der Waals surface area contributed by atoms with Crippen molar-refractivity contribution in [3.63, 3.8) is 0 Å². The van der Waals surface area contributed by atoms with Crippen molar-refractivity contribution in [3.05, 3.63) is 35.9 Å². The Hall–Kier alpha value is -2.45. The first kappa shape index (κ1) is 17.9. The van der Waals surface area contributed by atoms with Crippen LogP contribution in [0, 0.1) is 23.7 Å². The Balaban J connectivity index is 1.28. The number of carbonyl (C=O) groups is 3. The molecule has 8 nitrogen and oxygen atoms in total. The van der Waals surface area contributed by atoms with Crippen LogP contribution in [0.15, 0.2) is 30.3 Å². The Kier molecular flexibility index (Phi) is 4.61. The van der Waals surface area contributed by atoms with E-state index in [1.165, 1.54) is 0 Å². The van der Waals surface area contributed by atoms with Crippen molar-refractivity contribution in [2.45, 2.75) is 25.2 Å². The van der Waals surface area contributed by atoms with Crippen molar-refractivity contribution >= 4 is 17.9 Å². The summed E-state index contributed by atoms with van der Waals surface area (Å²) in [5.74, 6) is -2.46. The van der Waals surface area contributed by atoms with Gasteiger partial charge in [-0.05, 0) is 12.0 Å². The van der Waals surface area contributed by atoms with E-state index in [0.717, 1.165) is 10.5 Å². The third-order valence-corrected chi connectivity index (χ3v) is 6.00. The van der Waals surface area contributed by atoms with Crippen LogP contribution in [0.25, 0.3) is 0 Å². The number of imide groups is 1. The van der Waals surface area contributed by atoms with Crippen molar-refractivity contribution in [1.29, 1.82) is 0 Å². The Morgan fingerprint density at radius 2 is 1.67 bits per heavy atom. The normalized spacial score (nSPS) is 34.1. The molecule has 2 bridgehead atoms. The van der Waals surface area contributed by atoms with Gasteiger partial charge in [0.05, 0.1) is 24.0 Å².